The SMILES string of the molecule is c1ccc2c(c1)-c1ccc(N3c4ccccc4C45CCC(c6ccccc64)c4c(-c6cccc7oc8ccccc8c67)ccc3c45)cc1C21C2CC3CC4CC1CC34C2. The molecular weight excluding hydrogens is 715 g/mol. The largest absolute Gasteiger partial charge is 0.456 e. The van der Waals surface area contributed by atoms with Crippen LogP contribution in [-0.4, -0.2) is 0 Å². The van der Waals surface area contributed by atoms with Crippen LogP contribution in [0.15, 0.2) is 150 Å². The highest BCUT2D eigenvalue weighted by molar-refractivity contribution is 6.13. The van der Waals surface area contributed by atoms with E-state index < -0.39 is 0 Å². The number of rotatable bonds is 2. The van der Waals surface area contributed by atoms with Gasteiger partial charge in [0, 0.05) is 33.2 Å². The number of hydrogen-bond donors (Lipinski definition) is 0. The van der Waals surface area contributed by atoms with E-state index in [4.69, 9.17) is 4.42 Å². The van der Waals surface area contributed by atoms with Crippen LogP contribution in [0.3, 0.4) is 0 Å². The smallest absolute Gasteiger partial charge is 0.136 e. The number of fused-ring (bicyclic) bond motifs is 14. The normalized spacial score (nSPS) is 31.3. The lowest BCUT2D eigenvalue weighted by Gasteiger charge is -2.55. The summed E-state index contributed by atoms with van der Waals surface area (Å²) < 4.78 is 6.52. The van der Waals surface area contributed by atoms with Crippen molar-refractivity contribution < 1.29 is 4.42 Å². The van der Waals surface area contributed by atoms with Gasteiger partial charge in [0.15, 0.2) is 0 Å². The van der Waals surface area contributed by atoms with E-state index in [1.54, 1.807) is 11.1 Å². The van der Waals surface area contributed by atoms with E-state index in [2.05, 4.69) is 150 Å². The maximum atomic E-state index is 6.52. The molecule has 282 valence electrons. The second-order valence-electron chi connectivity index (χ2n) is 19.9. The van der Waals surface area contributed by atoms with Crippen LogP contribution < -0.4 is 4.90 Å². The van der Waals surface area contributed by atoms with E-state index in [1.807, 2.05) is 0 Å². The molecule has 4 saturated carbocycles. The first-order chi connectivity index (χ1) is 29.2. The van der Waals surface area contributed by atoms with Gasteiger partial charge in [-0.1, -0.05) is 109 Å². The van der Waals surface area contributed by atoms with Gasteiger partial charge in [-0.3, -0.25) is 0 Å². The highest BCUT2D eigenvalue weighted by Gasteiger charge is 2.74. The second kappa shape index (κ2) is 10.1. The molecule has 6 atom stereocenters. The predicted octanol–water partition coefficient (Wildman–Crippen LogP) is 14.3. The Morgan fingerprint density at radius 2 is 1.22 bits per heavy atom. The molecule has 9 aliphatic rings. The molecule has 17 rings (SSSR count). The Morgan fingerprint density at radius 3 is 2.12 bits per heavy atom. The zero-order chi connectivity index (χ0) is 38.0. The molecule has 0 amide bonds. The summed E-state index contributed by atoms with van der Waals surface area (Å²) in [6.07, 6.45) is 9.50. The third-order valence-electron chi connectivity index (χ3n) is 18.4. The number of nitrogens with zero attached hydrogens (tertiary/aromatic N) is 1. The van der Waals surface area contributed by atoms with Crippen molar-refractivity contribution in [3.8, 4) is 22.3 Å². The van der Waals surface area contributed by atoms with Gasteiger partial charge in [-0.05, 0) is 172 Å². The third-order valence-corrected chi connectivity index (χ3v) is 18.4. The Labute approximate surface area is 344 Å². The molecule has 59 heavy (non-hydrogen) atoms. The fraction of sp³-hybridized carbons (Fsp3) is 0.263. The summed E-state index contributed by atoms with van der Waals surface area (Å²) in [4.78, 5) is 2.70. The van der Waals surface area contributed by atoms with Crippen LogP contribution in [0, 0.1) is 29.1 Å². The first kappa shape index (κ1) is 31.1. The molecule has 3 spiro atoms. The van der Waals surface area contributed by atoms with Crippen molar-refractivity contribution >= 4 is 39.0 Å². The van der Waals surface area contributed by atoms with E-state index in [-0.39, 0.29) is 10.8 Å². The minimum atomic E-state index is -0.221. The molecule has 2 heteroatoms. The van der Waals surface area contributed by atoms with Crippen molar-refractivity contribution in [1.29, 1.82) is 0 Å². The lowest BCUT2D eigenvalue weighted by atomic mass is 9.50. The van der Waals surface area contributed by atoms with Gasteiger partial charge in [-0.15, -0.1) is 0 Å². The van der Waals surface area contributed by atoms with Crippen LogP contribution in [0.25, 0.3) is 44.2 Å². The summed E-state index contributed by atoms with van der Waals surface area (Å²) in [7, 11) is 0. The third kappa shape index (κ3) is 3.27. The molecule has 1 aromatic heterocycles. The van der Waals surface area contributed by atoms with E-state index in [1.165, 1.54) is 110 Å². The fourth-order valence-electron chi connectivity index (χ4n) is 16.6. The molecule has 7 aromatic carbocycles. The first-order valence-electron chi connectivity index (χ1n) is 22.5. The molecule has 0 saturated heterocycles. The van der Waals surface area contributed by atoms with Crippen molar-refractivity contribution in [3.63, 3.8) is 0 Å². The van der Waals surface area contributed by atoms with Gasteiger partial charge in [-0.25, -0.2) is 0 Å². The average molecular weight is 758 g/mol. The molecule has 2 nitrogen and oxygen atoms in total. The Balaban J connectivity index is 0.978. The minimum absolute atomic E-state index is 0.124. The lowest BCUT2D eigenvalue weighted by Crippen LogP contribution is -2.45. The zero-order valence-electron chi connectivity index (χ0n) is 33.0. The summed E-state index contributed by atoms with van der Waals surface area (Å²) in [6.45, 7) is 0. The van der Waals surface area contributed by atoms with Gasteiger partial charge < -0.3 is 9.32 Å². The number of anilines is 3. The van der Waals surface area contributed by atoms with E-state index >= 15 is 0 Å². The van der Waals surface area contributed by atoms with E-state index in [0.717, 1.165) is 47.7 Å². The highest BCUT2D eigenvalue weighted by atomic mass is 16.3. The van der Waals surface area contributed by atoms with Gasteiger partial charge >= 0.3 is 0 Å². The van der Waals surface area contributed by atoms with Gasteiger partial charge in [0.2, 0.25) is 0 Å². The van der Waals surface area contributed by atoms with Gasteiger partial charge in [-0.2, -0.15) is 0 Å². The molecule has 0 radical (unpaired) electrons. The topological polar surface area (TPSA) is 16.4 Å². The molecular formula is C57H43NO. The molecule has 5 bridgehead atoms. The van der Waals surface area contributed by atoms with Crippen LogP contribution in [0.2, 0.25) is 0 Å². The number of benzene rings is 7. The van der Waals surface area contributed by atoms with Crippen LogP contribution in [-0.2, 0) is 10.8 Å². The van der Waals surface area contributed by atoms with Crippen LogP contribution in [0.5, 0.6) is 0 Å². The molecule has 6 unspecified atom stereocenters. The summed E-state index contributed by atoms with van der Waals surface area (Å²) in [5.74, 6) is 3.74. The van der Waals surface area contributed by atoms with Crippen molar-refractivity contribution in [3.05, 3.63) is 185 Å². The first-order valence-corrected chi connectivity index (χ1v) is 22.5. The highest BCUT2D eigenvalue weighted by Crippen LogP contribution is 2.82. The van der Waals surface area contributed by atoms with Gasteiger partial charge in [0.1, 0.15) is 11.2 Å². The number of para-hydroxylation sites is 2. The Hall–Kier alpha value is -5.86. The Kier molecular flexibility index (Phi) is 5.33. The number of hydrogen-bond acceptors (Lipinski definition) is 2. The standard InChI is InChI=1S/C57H43NO/c1-4-14-44-38(11-1)42-24-25-56(44)46-16-6-7-17-48(46)58(49-23-22-41(53(42)54(49)56)40-13-9-19-51-52(40)43-12-3-8-18-50(43)59-51)36-20-21-39-37-10-2-5-15-45(37)57(47(39)29-36)34-27-32-26-33-28-35(57)31-55(32,33)30-34/h1-23,29,32-35,42H,24-28,30-31H2. The second-order valence-corrected chi connectivity index (χ2v) is 19.9. The van der Waals surface area contributed by atoms with Crippen LogP contribution in [0.4, 0.5) is 17.1 Å². The summed E-state index contributed by atoms with van der Waals surface area (Å²) in [6, 6.07) is 56.6. The van der Waals surface area contributed by atoms with Crippen molar-refractivity contribution in [1.82, 2.24) is 0 Å². The lowest BCUT2D eigenvalue weighted by molar-refractivity contribution is -0.00187. The van der Waals surface area contributed by atoms with Crippen molar-refractivity contribution in [2.45, 2.75) is 61.7 Å². The molecule has 1 aliphatic heterocycles. The minimum Gasteiger partial charge on any atom is -0.456 e. The quantitative estimate of drug-likeness (QED) is 0.175. The van der Waals surface area contributed by atoms with E-state index in [9.17, 15) is 0 Å². The molecule has 2 heterocycles. The molecule has 4 fully saturated rings. The van der Waals surface area contributed by atoms with Gasteiger partial charge in [0.25, 0.3) is 0 Å². The average Bonchev–Trinajstić information content (AvgIpc) is 3.96. The van der Waals surface area contributed by atoms with Gasteiger partial charge in [0.05, 0.1) is 11.4 Å². The van der Waals surface area contributed by atoms with Crippen molar-refractivity contribution in [2.24, 2.45) is 29.1 Å². The monoisotopic (exact) mass is 757 g/mol. The zero-order valence-corrected chi connectivity index (χ0v) is 33.0. The predicted molar refractivity (Wildman–Crippen MR) is 237 cm³/mol. The van der Waals surface area contributed by atoms with Crippen LogP contribution >= 0.6 is 0 Å². The summed E-state index contributed by atoms with van der Waals surface area (Å²) >= 11 is 0. The maximum absolute atomic E-state index is 6.52. The Bertz CT molecular complexity index is 3210. The molecule has 8 aliphatic carbocycles. The fourth-order valence-corrected chi connectivity index (χ4v) is 16.6. The van der Waals surface area contributed by atoms with Crippen LogP contribution in [0.1, 0.15) is 89.8 Å². The van der Waals surface area contributed by atoms with Crippen molar-refractivity contribution in [2.75, 3.05) is 4.90 Å². The molecule has 8 aromatic rings. The maximum Gasteiger partial charge on any atom is 0.136 e. The Morgan fingerprint density at radius 1 is 0.525 bits per heavy atom. The molecule has 0 N–H and O–H groups in total. The number of furan rings is 1. The summed E-state index contributed by atoms with van der Waals surface area (Å²) in [5.41, 5.74) is 23.0. The van der Waals surface area contributed by atoms with E-state index in [0.29, 0.717) is 11.3 Å². The summed E-state index contributed by atoms with van der Waals surface area (Å²) in [5, 5.41) is 2.42.